The van der Waals surface area contributed by atoms with E-state index in [9.17, 15) is 8.42 Å². The summed E-state index contributed by atoms with van der Waals surface area (Å²) in [5.74, 6) is 0.675. The fraction of sp³-hybridized carbons (Fsp3) is 0.375. The van der Waals surface area contributed by atoms with Crippen LogP contribution in [0, 0.1) is 0 Å². The molecule has 0 saturated carbocycles. The first-order valence-corrected chi connectivity index (χ1v) is 8.57. The van der Waals surface area contributed by atoms with Crippen LogP contribution in [-0.2, 0) is 10.0 Å². The molecule has 114 valence electrons. The fourth-order valence-corrected chi connectivity index (χ4v) is 3.91. The third-order valence-electron chi connectivity index (χ3n) is 3.77. The van der Waals surface area contributed by atoms with E-state index in [1.165, 1.54) is 4.31 Å². The second-order valence-electron chi connectivity index (χ2n) is 5.30. The number of sulfonamides is 1. The molecule has 0 spiro atoms. The number of furan rings is 1. The highest BCUT2D eigenvalue weighted by molar-refractivity contribution is 7.89. The van der Waals surface area contributed by atoms with Gasteiger partial charge in [0.1, 0.15) is 5.76 Å². The Morgan fingerprint density at radius 1 is 1.10 bits per heavy atom. The van der Waals surface area contributed by atoms with Crippen molar-refractivity contribution in [2.75, 3.05) is 12.8 Å². The van der Waals surface area contributed by atoms with E-state index in [0.717, 1.165) is 5.56 Å². The molecule has 2 aromatic rings. The summed E-state index contributed by atoms with van der Waals surface area (Å²) in [6, 6.07) is 12.9. The largest absolute Gasteiger partial charge is 0.468 e. The van der Waals surface area contributed by atoms with Crippen molar-refractivity contribution in [3.05, 3.63) is 60.1 Å². The minimum atomic E-state index is -3.36. The molecule has 2 atom stereocenters. The first-order chi connectivity index (χ1) is 9.92. The zero-order chi connectivity index (χ0) is 15.5. The Balaban J connectivity index is 2.11. The summed E-state index contributed by atoms with van der Waals surface area (Å²) in [5.41, 5.74) is 1.03. The summed E-state index contributed by atoms with van der Waals surface area (Å²) < 4.78 is 31.7. The van der Waals surface area contributed by atoms with Gasteiger partial charge in [0, 0.05) is 7.05 Å². The van der Waals surface area contributed by atoms with Gasteiger partial charge in [0.05, 0.1) is 18.1 Å². The molecule has 1 aromatic carbocycles. The van der Waals surface area contributed by atoms with E-state index < -0.39 is 10.0 Å². The monoisotopic (exact) mass is 307 g/mol. The molecule has 0 bridgehead atoms. The highest BCUT2D eigenvalue weighted by Gasteiger charge is 2.27. The van der Waals surface area contributed by atoms with Crippen molar-refractivity contribution in [1.29, 1.82) is 0 Å². The van der Waals surface area contributed by atoms with Crippen LogP contribution in [-0.4, -0.2) is 25.5 Å². The highest BCUT2D eigenvalue weighted by Crippen LogP contribution is 2.25. The normalized spacial score (nSPS) is 15.0. The van der Waals surface area contributed by atoms with E-state index in [0.29, 0.717) is 5.76 Å². The second kappa shape index (κ2) is 6.45. The van der Waals surface area contributed by atoms with Gasteiger partial charge >= 0.3 is 0 Å². The molecule has 0 radical (unpaired) electrons. The molecule has 0 amide bonds. The quantitative estimate of drug-likeness (QED) is 0.822. The van der Waals surface area contributed by atoms with E-state index in [-0.39, 0.29) is 17.7 Å². The first kappa shape index (κ1) is 15.8. The van der Waals surface area contributed by atoms with Crippen molar-refractivity contribution in [3.63, 3.8) is 0 Å². The van der Waals surface area contributed by atoms with E-state index in [4.69, 9.17) is 4.42 Å². The topological polar surface area (TPSA) is 50.5 Å². The molecule has 5 heteroatoms. The van der Waals surface area contributed by atoms with Crippen molar-refractivity contribution < 1.29 is 12.8 Å². The van der Waals surface area contributed by atoms with Gasteiger partial charge in [0.2, 0.25) is 10.0 Å². The fourth-order valence-electron chi connectivity index (χ4n) is 2.26. The second-order valence-corrected chi connectivity index (χ2v) is 7.37. The van der Waals surface area contributed by atoms with Crippen LogP contribution in [0.1, 0.15) is 37.1 Å². The summed E-state index contributed by atoms with van der Waals surface area (Å²) in [5, 5.41) is 0. The van der Waals surface area contributed by atoms with Crippen molar-refractivity contribution >= 4 is 10.0 Å². The molecular formula is C16H21NO3S. The van der Waals surface area contributed by atoms with Gasteiger partial charge in [-0.15, -0.1) is 0 Å². The molecule has 0 aliphatic carbocycles. The van der Waals surface area contributed by atoms with Crippen LogP contribution in [0.25, 0.3) is 0 Å². The average Bonchev–Trinajstić information content (AvgIpc) is 3.00. The molecule has 0 N–H and O–H groups in total. The molecule has 4 nitrogen and oxygen atoms in total. The van der Waals surface area contributed by atoms with Crippen molar-refractivity contribution in [1.82, 2.24) is 4.31 Å². The Hall–Kier alpha value is -1.59. The summed E-state index contributed by atoms with van der Waals surface area (Å²) in [6.07, 6.45) is 1.55. The first-order valence-electron chi connectivity index (χ1n) is 6.96. The molecule has 0 aliphatic heterocycles. The Morgan fingerprint density at radius 3 is 2.33 bits per heavy atom. The van der Waals surface area contributed by atoms with Gasteiger partial charge in [-0.05, 0) is 30.5 Å². The predicted molar refractivity (Wildman–Crippen MR) is 83.5 cm³/mol. The summed E-state index contributed by atoms with van der Waals surface area (Å²) in [6.45, 7) is 3.75. The number of hydrogen-bond acceptors (Lipinski definition) is 3. The maximum absolute atomic E-state index is 12.5. The smallest absolute Gasteiger partial charge is 0.215 e. The molecular weight excluding hydrogens is 286 g/mol. The van der Waals surface area contributed by atoms with Gasteiger partial charge in [-0.3, -0.25) is 0 Å². The molecule has 0 aliphatic rings. The van der Waals surface area contributed by atoms with Gasteiger partial charge in [-0.1, -0.05) is 37.3 Å². The minimum Gasteiger partial charge on any atom is -0.468 e. The molecule has 2 rings (SSSR count). The van der Waals surface area contributed by atoms with E-state index in [1.807, 2.05) is 44.2 Å². The molecule has 0 saturated heterocycles. The number of hydrogen-bond donors (Lipinski definition) is 0. The van der Waals surface area contributed by atoms with Crippen LogP contribution in [0.15, 0.2) is 53.1 Å². The molecule has 0 fully saturated rings. The zero-order valence-electron chi connectivity index (χ0n) is 12.6. The minimum absolute atomic E-state index is 0.0533. The third-order valence-corrected chi connectivity index (χ3v) is 5.88. The maximum atomic E-state index is 12.5. The molecule has 1 aromatic heterocycles. The molecule has 21 heavy (non-hydrogen) atoms. The lowest BCUT2D eigenvalue weighted by Gasteiger charge is -2.24. The standard InChI is InChI=1S/C16H21NO3S/c1-13(15-8-5-4-6-9-15)12-21(18,19)17(3)14(2)16-10-7-11-20-16/h4-11,13-14H,12H2,1-3H3/t13-,14+/m1/s1. The van der Waals surface area contributed by atoms with Crippen LogP contribution in [0.2, 0.25) is 0 Å². The predicted octanol–water partition coefficient (Wildman–Crippen LogP) is 3.41. The Morgan fingerprint density at radius 2 is 1.76 bits per heavy atom. The Bertz CT molecular complexity index is 650. The van der Waals surface area contributed by atoms with Gasteiger partial charge in [-0.25, -0.2) is 8.42 Å². The lowest BCUT2D eigenvalue weighted by molar-refractivity contribution is 0.339. The van der Waals surface area contributed by atoms with Crippen molar-refractivity contribution in [2.24, 2.45) is 0 Å². The van der Waals surface area contributed by atoms with E-state index >= 15 is 0 Å². The Kier molecular flexibility index (Phi) is 4.85. The Labute approximate surface area is 126 Å². The SMILES string of the molecule is C[C@H](CS(=O)(=O)N(C)[C@@H](C)c1ccco1)c1ccccc1. The lowest BCUT2D eigenvalue weighted by atomic mass is 10.0. The van der Waals surface area contributed by atoms with Gasteiger partial charge < -0.3 is 4.42 Å². The van der Waals surface area contributed by atoms with Crippen LogP contribution in [0.3, 0.4) is 0 Å². The zero-order valence-corrected chi connectivity index (χ0v) is 13.4. The van der Waals surface area contributed by atoms with Crippen LogP contribution < -0.4 is 0 Å². The summed E-state index contributed by atoms with van der Waals surface area (Å²) in [7, 11) is -1.76. The van der Waals surface area contributed by atoms with Gasteiger partial charge in [0.15, 0.2) is 0 Å². The molecule has 1 heterocycles. The lowest BCUT2D eigenvalue weighted by Crippen LogP contribution is -2.33. The number of benzene rings is 1. The third kappa shape index (κ3) is 3.74. The number of nitrogens with zero attached hydrogens (tertiary/aromatic N) is 1. The van der Waals surface area contributed by atoms with Crippen molar-refractivity contribution in [2.45, 2.75) is 25.8 Å². The average molecular weight is 307 g/mol. The van der Waals surface area contributed by atoms with Crippen LogP contribution >= 0.6 is 0 Å². The highest BCUT2D eigenvalue weighted by atomic mass is 32.2. The summed E-state index contributed by atoms with van der Waals surface area (Å²) >= 11 is 0. The molecule has 0 unspecified atom stereocenters. The summed E-state index contributed by atoms with van der Waals surface area (Å²) in [4.78, 5) is 0. The van der Waals surface area contributed by atoms with E-state index in [1.54, 1.807) is 25.4 Å². The maximum Gasteiger partial charge on any atom is 0.215 e. The van der Waals surface area contributed by atoms with Crippen LogP contribution in [0.5, 0.6) is 0 Å². The number of rotatable bonds is 6. The van der Waals surface area contributed by atoms with Gasteiger partial charge in [0.25, 0.3) is 0 Å². The van der Waals surface area contributed by atoms with Crippen LogP contribution in [0.4, 0.5) is 0 Å². The van der Waals surface area contributed by atoms with Gasteiger partial charge in [-0.2, -0.15) is 4.31 Å². The van der Waals surface area contributed by atoms with E-state index in [2.05, 4.69) is 0 Å². The van der Waals surface area contributed by atoms with Crippen molar-refractivity contribution in [3.8, 4) is 0 Å².